The lowest BCUT2D eigenvalue weighted by molar-refractivity contribution is 0.199. The van der Waals surface area contributed by atoms with E-state index in [0.29, 0.717) is 12.1 Å². The molecule has 1 N–H and O–H groups in total. The fraction of sp³-hybridized carbons (Fsp3) is 0.647. The van der Waals surface area contributed by atoms with E-state index in [1.807, 2.05) is 0 Å². The van der Waals surface area contributed by atoms with Gasteiger partial charge in [0.05, 0.1) is 0 Å². The van der Waals surface area contributed by atoms with Gasteiger partial charge in [0.1, 0.15) is 0 Å². The summed E-state index contributed by atoms with van der Waals surface area (Å²) in [5, 5.41) is 3.54. The molecule has 1 aromatic carbocycles. The summed E-state index contributed by atoms with van der Waals surface area (Å²) in [7, 11) is 0. The van der Waals surface area contributed by atoms with Crippen LogP contribution in [0.4, 0.5) is 5.69 Å². The Morgan fingerprint density at radius 1 is 1.33 bits per heavy atom. The number of likely N-dealkylation sites (N-methyl/N-ethyl adjacent to an activating group) is 1. The molecule has 1 saturated heterocycles. The SMILES string of the molecule is CCN1CCN(c2cc(Br)ccc2CNC(C)C)CC1C. The van der Waals surface area contributed by atoms with Crippen LogP contribution in [0.15, 0.2) is 22.7 Å². The predicted molar refractivity (Wildman–Crippen MR) is 95.0 cm³/mol. The van der Waals surface area contributed by atoms with Crippen molar-refractivity contribution in [3.05, 3.63) is 28.2 Å². The second-order valence-corrected chi connectivity index (χ2v) is 7.15. The Morgan fingerprint density at radius 2 is 2.10 bits per heavy atom. The van der Waals surface area contributed by atoms with Crippen LogP contribution in [0.25, 0.3) is 0 Å². The smallest absolute Gasteiger partial charge is 0.0424 e. The first-order valence-corrected chi connectivity index (χ1v) is 8.81. The van der Waals surface area contributed by atoms with Crippen molar-refractivity contribution in [1.29, 1.82) is 0 Å². The molecular weight excluding hydrogens is 326 g/mol. The molecule has 0 saturated carbocycles. The first-order chi connectivity index (χ1) is 10.0. The lowest BCUT2D eigenvalue weighted by atomic mass is 10.1. The third-order valence-corrected chi connectivity index (χ3v) is 4.75. The molecule has 0 radical (unpaired) electrons. The van der Waals surface area contributed by atoms with Gasteiger partial charge in [-0.3, -0.25) is 4.90 Å². The Bertz CT molecular complexity index is 461. The van der Waals surface area contributed by atoms with Gasteiger partial charge in [-0.1, -0.05) is 42.8 Å². The van der Waals surface area contributed by atoms with Crippen LogP contribution in [0.1, 0.15) is 33.3 Å². The molecule has 1 fully saturated rings. The van der Waals surface area contributed by atoms with Gasteiger partial charge in [0, 0.05) is 48.4 Å². The molecule has 1 aromatic rings. The molecule has 0 bridgehead atoms. The molecule has 1 heterocycles. The van der Waals surface area contributed by atoms with E-state index >= 15 is 0 Å². The number of halogens is 1. The summed E-state index contributed by atoms with van der Waals surface area (Å²) in [5.41, 5.74) is 2.77. The summed E-state index contributed by atoms with van der Waals surface area (Å²) < 4.78 is 1.16. The second kappa shape index (κ2) is 7.61. The Balaban J connectivity index is 2.16. The highest BCUT2D eigenvalue weighted by Crippen LogP contribution is 2.27. The zero-order valence-corrected chi connectivity index (χ0v) is 15.3. The highest BCUT2D eigenvalue weighted by atomic mass is 79.9. The maximum Gasteiger partial charge on any atom is 0.0424 e. The second-order valence-electron chi connectivity index (χ2n) is 6.23. The van der Waals surface area contributed by atoms with Crippen molar-refractivity contribution in [1.82, 2.24) is 10.2 Å². The topological polar surface area (TPSA) is 18.5 Å². The Labute approximate surface area is 137 Å². The first kappa shape index (κ1) is 16.8. The highest BCUT2D eigenvalue weighted by Gasteiger charge is 2.23. The standard InChI is InChI=1S/C17H28BrN3/c1-5-20-8-9-21(12-14(20)4)17-10-16(18)7-6-15(17)11-19-13(2)3/h6-7,10,13-14,19H,5,8-9,11-12H2,1-4H3. The van der Waals surface area contributed by atoms with E-state index in [-0.39, 0.29) is 0 Å². The van der Waals surface area contributed by atoms with Crippen LogP contribution < -0.4 is 10.2 Å². The highest BCUT2D eigenvalue weighted by molar-refractivity contribution is 9.10. The van der Waals surface area contributed by atoms with Crippen LogP contribution >= 0.6 is 15.9 Å². The number of benzene rings is 1. The summed E-state index contributed by atoms with van der Waals surface area (Å²) in [6, 6.07) is 7.79. The lowest BCUT2D eigenvalue weighted by Gasteiger charge is -2.41. The van der Waals surface area contributed by atoms with Crippen molar-refractivity contribution >= 4 is 21.6 Å². The van der Waals surface area contributed by atoms with Crippen molar-refractivity contribution in [3.63, 3.8) is 0 Å². The molecule has 0 aliphatic carbocycles. The van der Waals surface area contributed by atoms with E-state index < -0.39 is 0 Å². The monoisotopic (exact) mass is 353 g/mol. The van der Waals surface area contributed by atoms with E-state index in [1.54, 1.807) is 0 Å². The largest absolute Gasteiger partial charge is 0.368 e. The minimum absolute atomic E-state index is 0.511. The van der Waals surface area contributed by atoms with Gasteiger partial charge in [0.25, 0.3) is 0 Å². The third kappa shape index (κ3) is 4.44. The fourth-order valence-corrected chi connectivity index (χ4v) is 3.33. The minimum atomic E-state index is 0.511. The average molecular weight is 354 g/mol. The molecule has 21 heavy (non-hydrogen) atoms. The summed E-state index contributed by atoms with van der Waals surface area (Å²) >= 11 is 3.63. The van der Waals surface area contributed by atoms with Gasteiger partial charge in [0.15, 0.2) is 0 Å². The van der Waals surface area contributed by atoms with E-state index in [1.165, 1.54) is 11.3 Å². The number of hydrogen-bond donors (Lipinski definition) is 1. The average Bonchev–Trinajstić information content (AvgIpc) is 2.45. The normalized spacial score (nSPS) is 20.3. The number of anilines is 1. The van der Waals surface area contributed by atoms with Gasteiger partial charge < -0.3 is 10.2 Å². The van der Waals surface area contributed by atoms with Gasteiger partial charge in [-0.05, 0) is 31.2 Å². The first-order valence-electron chi connectivity index (χ1n) is 8.02. The molecule has 1 atom stereocenters. The summed E-state index contributed by atoms with van der Waals surface area (Å²) in [6.45, 7) is 14.4. The molecule has 0 aromatic heterocycles. The van der Waals surface area contributed by atoms with Crippen molar-refractivity contribution in [2.24, 2.45) is 0 Å². The van der Waals surface area contributed by atoms with Crippen molar-refractivity contribution in [2.75, 3.05) is 31.1 Å². The molecule has 1 aliphatic heterocycles. The summed E-state index contributed by atoms with van der Waals surface area (Å²) in [5.74, 6) is 0. The molecule has 0 spiro atoms. The molecule has 0 amide bonds. The molecule has 4 heteroatoms. The number of nitrogens with zero attached hydrogens (tertiary/aromatic N) is 2. The van der Waals surface area contributed by atoms with Gasteiger partial charge in [0.2, 0.25) is 0 Å². The van der Waals surface area contributed by atoms with Crippen LogP contribution in [-0.4, -0.2) is 43.2 Å². The van der Waals surface area contributed by atoms with Crippen LogP contribution in [0.3, 0.4) is 0 Å². The molecule has 1 unspecified atom stereocenters. The van der Waals surface area contributed by atoms with Crippen LogP contribution in [-0.2, 0) is 6.54 Å². The van der Waals surface area contributed by atoms with Crippen LogP contribution in [0.5, 0.6) is 0 Å². The zero-order chi connectivity index (χ0) is 15.4. The van der Waals surface area contributed by atoms with E-state index in [4.69, 9.17) is 0 Å². The van der Waals surface area contributed by atoms with Crippen LogP contribution in [0.2, 0.25) is 0 Å². The van der Waals surface area contributed by atoms with Gasteiger partial charge in [-0.2, -0.15) is 0 Å². The van der Waals surface area contributed by atoms with Gasteiger partial charge in [-0.15, -0.1) is 0 Å². The maximum atomic E-state index is 3.63. The molecule has 1 aliphatic rings. The quantitative estimate of drug-likeness (QED) is 0.874. The minimum Gasteiger partial charge on any atom is -0.368 e. The molecular formula is C17H28BrN3. The predicted octanol–water partition coefficient (Wildman–Crippen LogP) is 3.48. The third-order valence-electron chi connectivity index (χ3n) is 4.26. The van der Waals surface area contributed by atoms with Crippen molar-refractivity contribution < 1.29 is 0 Å². The molecule has 118 valence electrons. The summed E-state index contributed by atoms with van der Waals surface area (Å²) in [4.78, 5) is 5.10. The fourth-order valence-electron chi connectivity index (χ4n) is 2.98. The number of hydrogen-bond acceptors (Lipinski definition) is 3. The number of rotatable bonds is 5. The Kier molecular flexibility index (Phi) is 6.08. The number of nitrogens with one attached hydrogen (secondary N) is 1. The van der Waals surface area contributed by atoms with Crippen molar-refractivity contribution in [3.8, 4) is 0 Å². The Morgan fingerprint density at radius 3 is 2.71 bits per heavy atom. The van der Waals surface area contributed by atoms with Gasteiger partial charge >= 0.3 is 0 Å². The maximum absolute atomic E-state index is 3.63. The number of piperazine rings is 1. The molecule has 3 nitrogen and oxygen atoms in total. The lowest BCUT2D eigenvalue weighted by Crippen LogP contribution is -2.52. The van der Waals surface area contributed by atoms with Crippen molar-refractivity contribution in [2.45, 2.75) is 46.3 Å². The van der Waals surface area contributed by atoms with Crippen LogP contribution in [0, 0.1) is 0 Å². The van der Waals surface area contributed by atoms with E-state index in [2.05, 4.69) is 76.9 Å². The zero-order valence-electron chi connectivity index (χ0n) is 13.7. The van der Waals surface area contributed by atoms with Gasteiger partial charge in [-0.25, -0.2) is 0 Å². The van der Waals surface area contributed by atoms with E-state index in [9.17, 15) is 0 Å². The summed E-state index contributed by atoms with van der Waals surface area (Å²) in [6.07, 6.45) is 0. The Hall–Kier alpha value is -0.580. The molecule has 2 rings (SSSR count). The van der Waals surface area contributed by atoms with E-state index in [0.717, 1.165) is 37.2 Å².